The molecule has 0 amide bonds. The van der Waals surface area contributed by atoms with Gasteiger partial charge in [0.2, 0.25) is 0 Å². The third-order valence-corrected chi connectivity index (χ3v) is 4.88. The van der Waals surface area contributed by atoms with Gasteiger partial charge < -0.3 is 5.32 Å². The summed E-state index contributed by atoms with van der Waals surface area (Å²) in [6, 6.07) is 15.7. The Hall–Kier alpha value is -1.12. The predicted molar refractivity (Wildman–Crippen MR) is 94.8 cm³/mol. The van der Waals surface area contributed by atoms with E-state index in [1.54, 1.807) is 0 Å². The van der Waals surface area contributed by atoms with Gasteiger partial charge in [-0.25, -0.2) is 0 Å². The minimum atomic E-state index is 0.349. The third kappa shape index (κ3) is 4.42. The highest BCUT2D eigenvalue weighted by Gasteiger charge is 2.15. The maximum Gasteiger partial charge on any atom is 0.0372 e. The lowest BCUT2D eigenvalue weighted by atomic mass is 9.97. The summed E-state index contributed by atoms with van der Waals surface area (Å²) in [5.74, 6) is 0. The highest BCUT2D eigenvalue weighted by molar-refractivity contribution is 9.10. The third-order valence-electron chi connectivity index (χ3n) is 3.80. The Morgan fingerprint density at radius 2 is 1.76 bits per heavy atom. The predicted octanol–water partition coefficient (Wildman–Crippen LogP) is 5.35. The number of hydrogen-bond acceptors (Lipinski definition) is 1. The van der Waals surface area contributed by atoms with Crippen molar-refractivity contribution in [3.63, 3.8) is 0 Å². The monoisotopic (exact) mass is 345 g/mol. The van der Waals surface area contributed by atoms with Gasteiger partial charge in [-0.3, -0.25) is 0 Å². The van der Waals surface area contributed by atoms with E-state index in [1.165, 1.54) is 26.7 Å². The molecule has 0 bridgehead atoms. The number of aryl methyl sites for hydroxylation is 2. The van der Waals surface area contributed by atoms with Crippen molar-refractivity contribution in [2.24, 2.45) is 0 Å². The van der Waals surface area contributed by atoms with E-state index in [1.807, 2.05) is 0 Å². The first kappa shape index (κ1) is 16.3. The molecule has 0 radical (unpaired) electrons. The van der Waals surface area contributed by atoms with Gasteiger partial charge >= 0.3 is 0 Å². The summed E-state index contributed by atoms with van der Waals surface area (Å²) >= 11 is 3.76. The van der Waals surface area contributed by atoms with Crippen LogP contribution in [0.2, 0.25) is 0 Å². The summed E-state index contributed by atoms with van der Waals surface area (Å²) < 4.78 is 1.23. The van der Waals surface area contributed by atoms with Crippen molar-refractivity contribution in [3.8, 4) is 0 Å². The van der Waals surface area contributed by atoms with E-state index in [9.17, 15) is 0 Å². The van der Waals surface area contributed by atoms with Gasteiger partial charge in [-0.15, -0.1) is 0 Å². The molecule has 0 fully saturated rings. The van der Waals surface area contributed by atoms with Gasteiger partial charge in [0.15, 0.2) is 0 Å². The first-order valence-electron chi connectivity index (χ1n) is 7.65. The zero-order valence-electron chi connectivity index (χ0n) is 13.1. The van der Waals surface area contributed by atoms with Crippen LogP contribution >= 0.6 is 15.9 Å². The summed E-state index contributed by atoms with van der Waals surface area (Å²) in [6.45, 7) is 7.53. The van der Waals surface area contributed by atoms with Crippen LogP contribution in [0, 0.1) is 13.8 Å². The van der Waals surface area contributed by atoms with E-state index in [2.05, 4.69) is 84.5 Å². The standard InChI is InChI=1S/C19H24BrN/c1-4-12-21-18(13-16-10-8-14(2)9-11-16)17-7-5-6-15(3)19(17)20/h5-11,18,21H,4,12-13H2,1-3H3. The molecule has 21 heavy (non-hydrogen) atoms. The molecule has 0 saturated heterocycles. The Balaban J connectivity index is 2.25. The lowest BCUT2D eigenvalue weighted by Crippen LogP contribution is -2.24. The molecule has 1 N–H and O–H groups in total. The van der Waals surface area contributed by atoms with Crippen LogP contribution in [-0.4, -0.2) is 6.54 Å². The minimum Gasteiger partial charge on any atom is -0.310 e. The van der Waals surface area contributed by atoms with Crippen LogP contribution < -0.4 is 5.32 Å². The average molecular weight is 346 g/mol. The fourth-order valence-corrected chi connectivity index (χ4v) is 3.05. The molecule has 0 aliphatic heterocycles. The second kappa shape index (κ2) is 7.77. The van der Waals surface area contributed by atoms with Gasteiger partial charge in [0.05, 0.1) is 0 Å². The van der Waals surface area contributed by atoms with Crippen LogP contribution in [-0.2, 0) is 6.42 Å². The molecule has 2 rings (SSSR count). The van der Waals surface area contributed by atoms with E-state index >= 15 is 0 Å². The first-order chi connectivity index (χ1) is 10.1. The fraction of sp³-hybridized carbons (Fsp3) is 0.368. The lowest BCUT2D eigenvalue weighted by molar-refractivity contribution is 0.527. The highest BCUT2D eigenvalue weighted by Crippen LogP contribution is 2.29. The van der Waals surface area contributed by atoms with Crippen molar-refractivity contribution in [2.45, 2.75) is 39.7 Å². The van der Waals surface area contributed by atoms with Crippen LogP contribution in [0.4, 0.5) is 0 Å². The maximum atomic E-state index is 3.76. The molecule has 2 aromatic carbocycles. The van der Waals surface area contributed by atoms with Crippen LogP contribution in [0.3, 0.4) is 0 Å². The van der Waals surface area contributed by atoms with Gasteiger partial charge in [-0.2, -0.15) is 0 Å². The maximum absolute atomic E-state index is 3.76. The Kier molecular flexibility index (Phi) is 6.01. The minimum absolute atomic E-state index is 0.349. The molecule has 1 unspecified atom stereocenters. The van der Waals surface area contributed by atoms with Crippen LogP contribution in [0.15, 0.2) is 46.9 Å². The second-order valence-corrected chi connectivity index (χ2v) is 6.47. The Bertz CT molecular complexity index is 575. The number of hydrogen-bond donors (Lipinski definition) is 1. The van der Waals surface area contributed by atoms with E-state index in [-0.39, 0.29) is 0 Å². The van der Waals surface area contributed by atoms with Gasteiger partial charge in [-0.05, 0) is 49.9 Å². The average Bonchev–Trinajstić information content (AvgIpc) is 2.48. The van der Waals surface area contributed by atoms with E-state index in [0.29, 0.717) is 6.04 Å². The zero-order valence-corrected chi connectivity index (χ0v) is 14.7. The molecule has 0 saturated carbocycles. The van der Waals surface area contributed by atoms with Crippen LogP contribution in [0.5, 0.6) is 0 Å². The Labute approximate surface area is 136 Å². The Morgan fingerprint density at radius 1 is 1.05 bits per heavy atom. The van der Waals surface area contributed by atoms with Gasteiger partial charge in [-0.1, -0.05) is 70.9 Å². The molecular weight excluding hydrogens is 322 g/mol. The van der Waals surface area contributed by atoms with Crippen molar-refractivity contribution in [2.75, 3.05) is 6.54 Å². The molecule has 0 spiro atoms. The van der Waals surface area contributed by atoms with Crippen molar-refractivity contribution in [1.29, 1.82) is 0 Å². The molecule has 1 nitrogen and oxygen atoms in total. The summed E-state index contributed by atoms with van der Waals surface area (Å²) in [4.78, 5) is 0. The quantitative estimate of drug-likeness (QED) is 0.743. The van der Waals surface area contributed by atoms with Crippen LogP contribution in [0.25, 0.3) is 0 Å². The molecule has 112 valence electrons. The van der Waals surface area contributed by atoms with Crippen molar-refractivity contribution in [1.82, 2.24) is 5.32 Å². The van der Waals surface area contributed by atoms with E-state index in [4.69, 9.17) is 0 Å². The molecule has 0 aliphatic carbocycles. The SMILES string of the molecule is CCCNC(Cc1ccc(C)cc1)c1cccc(C)c1Br. The van der Waals surface area contributed by atoms with E-state index in [0.717, 1.165) is 19.4 Å². The highest BCUT2D eigenvalue weighted by atomic mass is 79.9. The molecular formula is C19H24BrN. The van der Waals surface area contributed by atoms with Crippen molar-refractivity contribution < 1.29 is 0 Å². The molecule has 0 heterocycles. The molecule has 0 aromatic heterocycles. The first-order valence-corrected chi connectivity index (χ1v) is 8.45. The number of halogens is 1. The molecule has 2 aromatic rings. The van der Waals surface area contributed by atoms with Gasteiger partial charge in [0.1, 0.15) is 0 Å². The summed E-state index contributed by atoms with van der Waals surface area (Å²) in [5, 5.41) is 3.69. The number of rotatable bonds is 6. The molecule has 2 heteroatoms. The summed E-state index contributed by atoms with van der Waals surface area (Å²) in [5.41, 5.74) is 5.33. The van der Waals surface area contributed by atoms with E-state index < -0.39 is 0 Å². The van der Waals surface area contributed by atoms with Crippen molar-refractivity contribution >= 4 is 15.9 Å². The molecule has 0 aliphatic rings. The summed E-state index contributed by atoms with van der Waals surface area (Å²) in [6.07, 6.45) is 2.16. The van der Waals surface area contributed by atoms with Gasteiger partial charge in [0, 0.05) is 10.5 Å². The number of benzene rings is 2. The zero-order chi connectivity index (χ0) is 15.2. The fourth-order valence-electron chi connectivity index (χ4n) is 2.51. The van der Waals surface area contributed by atoms with Crippen LogP contribution in [0.1, 0.15) is 41.6 Å². The summed E-state index contributed by atoms with van der Waals surface area (Å²) in [7, 11) is 0. The second-order valence-electron chi connectivity index (χ2n) is 5.67. The largest absolute Gasteiger partial charge is 0.310 e. The number of nitrogens with one attached hydrogen (secondary N) is 1. The topological polar surface area (TPSA) is 12.0 Å². The van der Waals surface area contributed by atoms with Gasteiger partial charge in [0.25, 0.3) is 0 Å². The smallest absolute Gasteiger partial charge is 0.0372 e. The Morgan fingerprint density at radius 3 is 2.43 bits per heavy atom. The molecule has 1 atom stereocenters. The lowest BCUT2D eigenvalue weighted by Gasteiger charge is -2.21. The van der Waals surface area contributed by atoms with Crippen molar-refractivity contribution in [3.05, 3.63) is 69.2 Å². The normalized spacial score (nSPS) is 12.4.